The van der Waals surface area contributed by atoms with E-state index >= 15 is 0 Å². The van der Waals surface area contributed by atoms with Crippen LogP contribution in [0.15, 0.2) is 52.8 Å². The molecule has 2 rings (SSSR count). The molecule has 0 spiro atoms. The quantitative estimate of drug-likeness (QED) is 0.353. The molecule has 0 aliphatic rings. The van der Waals surface area contributed by atoms with Gasteiger partial charge in [0.2, 0.25) is 0 Å². The first-order chi connectivity index (χ1) is 14.7. The van der Waals surface area contributed by atoms with E-state index in [0.717, 1.165) is 22.4 Å². The number of hydrogen-bond donors (Lipinski definition) is 0. The summed E-state index contributed by atoms with van der Waals surface area (Å²) in [6, 6.07) is 14.0. The number of nitrogens with zero attached hydrogens (tertiary/aromatic N) is 2. The van der Waals surface area contributed by atoms with E-state index < -0.39 is 0 Å². The van der Waals surface area contributed by atoms with Gasteiger partial charge in [-0.2, -0.15) is 0 Å². The van der Waals surface area contributed by atoms with E-state index in [1.54, 1.807) is 14.2 Å². The zero-order chi connectivity index (χ0) is 23.4. The highest BCUT2D eigenvalue weighted by atomic mass is 16.6. The maximum Gasteiger partial charge on any atom is 0.172 e. The summed E-state index contributed by atoms with van der Waals surface area (Å²) in [4.78, 5) is 21.8. The Kier molecular flexibility index (Phi) is 10.6. The van der Waals surface area contributed by atoms with E-state index in [0.29, 0.717) is 11.8 Å². The zero-order valence-corrected chi connectivity index (χ0v) is 19.9. The van der Waals surface area contributed by atoms with E-state index in [2.05, 4.69) is 48.0 Å². The first-order valence-corrected chi connectivity index (χ1v) is 10.0. The van der Waals surface area contributed by atoms with Crippen LogP contribution in [0.4, 0.5) is 0 Å². The first kappa shape index (κ1) is 26.0. The molecule has 0 heterocycles. The number of hydrogen-bond acceptors (Lipinski definition) is 6. The summed E-state index contributed by atoms with van der Waals surface area (Å²) in [6.45, 7) is 10.7. The number of ether oxygens (including phenoxy) is 1. The zero-order valence-electron chi connectivity index (χ0n) is 19.9. The van der Waals surface area contributed by atoms with Crippen molar-refractivity contribution in [2.45, 2.75) is 46.6 Å². The van der Waals surface area contributed by atoms with E-state index in [1.807, 2.05) is 44.2 Å². The molecule has 0 N–H and O–H groups in total. The van der Waals surface area contributed by atoms with Gasteiger partial charge in [-0.05, 0) is 42.0 Å². The van der Waals surface area contributed by atoms with Crippen LogP contribution in [0.1, 0.15) is 55.5 Å². The minimum atomic E-state index is 0.0686. The van der Waals surface area contributed by atoms with Gasteiger partial charge >= 0.3 is 0 Å². The van der Waals surface area contributed by atoms with E-state index in [-0.39, 0.29) is 17.7 Å². The smallest absolute Gasteiger partial charge is 0.172 e. The molecule has 6 heteroatoms. The van der Waals surface area contributed by atoms with Crippen molar-refractivity contribution in [1.82, 2.24) is 0 Å². The molecule has 2 aromatic carbocycles. The largest absolute Gasteiger partial charge is 0.399 e. The fourth-order valence-corrected chi connectivity index (χ4v) is 2.82. The topological polar surface area (TPSA) is 69.5 Å². The number of oxime groups is 2. The summed E-state index contributed by atoms with van der Waals surface area (Å²) in [5.74, 6) is 0. The molecule has 168 valence electrons. The lowest BCUT2D eigenvalue weighted by Crippen LogP contribution is -2.12. The standard InChI is InChI=1S/C23H28N2O3.C2H6O/c1-16-9-7-12-20(22(14-26)25-27-6)21(16)15-28-24-17(2)18-10-8-11-19(13-18)23(3,4)5;1-3-2/h7-14H,15H2,1-6H3;1-2H3/b24-17+,25-22-;. The van der Waals surface area contributed by atoms with Gasteiger partial charge < -0.3 is 14.4 Å². The predicted octanol–water partition coefficient (Wildman–Crippen LogP) is 5.05. The Morgan fingerprint density at radius 2 is 1.68 bits per heavy atom. The highest BCUT2D eigenvalue weighted by molar-refractivity contribution is 6.36. The second-order valence-corrected chi connectivity index (χ2v) is 8.07. The fraction of sp³-hybridized carbons (Fsp3) is 0.400. The molecule has 0 aliphatic heterocycles. The van der Waals surface area contributed by atoms with Crippen LogP contribution in [-0.4, -0.2) is 39.0 Å². The van der Waals surface area contributed by atoms with Crippen molar-refractivity contribution in [1.29, 1.82) is 0 Å². The van der Waals surface area contributed by atoms with Gasteiger partial charge in [0.1, 0.15) is 19.4 Å². The third-order valence-corrected chi connectivity index (χ3v) is 4.54. The molecule has 0 aromatic heterocycles. The van der Waals surface area contributed by atoms with Crippen molar-refractivity contribution in [3.8, 4) is 0 Å². The summed E-state index contributed by atoms with van der Waals surface area (Å²) in [5.41, 5.74) is 5.87. The molecule has 0 aliphatic carbocycles. The maximum absolute atomic E-state index is 11.4. The van der Waals surface area contributed by atoms with Crippen LogP contribution in [0.2, 0.25) is 0 Å². The maximum atomic E-state index is 11.4. The SMILES string of the molecule is CO/N=C(/C=O)c1cccc(C)c1CO/N=C(\C)c1cccc(C(C)(C)C)c1.COC. The normalized spacial score (nSPS) is 12.0. The summed E-state index contributed by atoms with van der Waals surface area (Å²) < 4.78 is 4.25. The lowest BCUT2D eigenvalue weighted by Gasteiger charge is -2.19. The number of rotatable bonds is 7. The molecule has 0 atom stereocenters. The van der Waals surface area contributed by atoms with Crippen molar-refractivity contribution >= 4 is 17.7 Å². The highest BCUT2D eigenvalue weighted by Gasteiger charge is 2.15. The Balaban J connectivity index is 0.00000151. The van der Waals surface area contributed by atoms with Gasteiger partial charge in [-0.15, -0.1) is 0 Å². The van der Waals surface area contributed by atoms with Gasteiger partial charge in [0.15, 0.2) is 6.29 Å². The summed E-state index contributed by atoms with van der Waals surface area (Å²) in [6.07, 6.45) is 0.675. The average molecular weight is 427 g/mol. The van der Waals surface area contributed by atoms with Gasteiger partial charge in [0.25, 0.3) is 0 Å². The van der Waals surface area contributed by atoms with Crippen LogP contribution >= 0.6 is 0 Å². The van der Waals surface area contributed by atoms with Gasteiger partial charge in [-0.1, -0.05) is 67.5 Å². The monoisotopic (exact) mass is 426 g/mol. The van der Waals surface area contributed by atoms with Gasteiger partial charge in [-0.25, -0.2) is 0 Å². The van der Waals surface area contributed by atoms with Gasteiger partial charge in [-0.3, -0.25) is 4.79 Å². The summed E-state index contributed by atoms with van der Waals surface area (Å²) >= 11 is 0. The average Bonchev–Trinajstić information content (AvgIpc) is 2.73. The third-order valence-electron chi connectivity index (χ3n) is 4.54. The number of aryl methyl sites for hydroxylation is 1. The van der Waals surface area contributed by atoms with Crippen LogP contribution in [-0.2, 0) is 31.2 Å². The first-order valence-electron chi connectivity index (χ1n) is 10.0. The lowest BCUT2D eigenvalue weighted by atomic mass is 9.86. The van der Waals surface area contributed by atoms with Crippen molar-refractivity contribution in [3.05, 3.63) is 70.3 Å². The third kappa shape index (κ3) is 7.98. The predicted molar refractivity (Wildman–Crippen MR) is 126 cm³/mol. The van der Waals surface area contributed by atoms with Crippen LogP contribution in [0.5, 0.6) is 0 Å². The van der Waals surface area contributed by atoms with Crippen LogP contribution < -0.4 is 0 Å². The molecule has 0 saturated carbocycles. The molecule has 0 saturated heterocycles. The Bertz CT molecular complexity index is 912. The highest BCUT2D eigenvalue weighted by Crippen LogP contribution is 2.23. The van der Waals surface area contributed by atoms with Gasteiger partial charge in [0, 0.05) is 25.3 Å². The van der Waals surface area contributed by atoms with E-state index in [1.165, 1.54) is 12.7 Å². The Morgan fingerprint density at radius 1 is 1.03 bits per heavy atom. The van der Waals surface area contributed by atoms with E-state index in [4.69, 9.17) is 9.68 Å². The minimum Gasteiger partial charge on any atom is -0.399 e. The van der Waals surface area contributed by atoms with Crippen molar-refractivity contribution in [3.63, 3.8) is 0 Å². The molecular formula is C25H34N2O4. The van der Waals surface area contributed by atoms with Crippen LogP contribution in [0.3, 0.4) is 0 Å². The van der Waals surface area contributed by atoms with Crippen molar-refractivity contribution in [2.24, 2.45) is 10.3 Å². The van der Waals surface area contributed by atoms with Gasteiger partial charge in [0.05, 0.1) is 5.71 Å². The van der Waals surface area contributed by atoms with Crippen molar-refractivity contribution < 1.29 is 19.2 Å². The molecule has 31 heavy (non-hydrogen) atoms. The molecule has 6 nitrogen and oxygen atoms in total. The van der Waals surface area contributed by atoms with Crippen molar-refractivity contribution in [2.75, 3.05) is 21.3 Å². The molecule has 0 unspecified atom stereocenters. The molecule has 2 aromatic rings. The van der Waals surface area contributed by atoms with Crippen LogP contribution in [0, 0.1) is 6.92 Å². The number of methoxy groups -OCH3 is 1. The molecule has 0 fully saturated rings. The molecule has 0 amide bonds. The number of aldehydes is 1. The second-order valence-electron chi connectivity index (χ2n) is 8.07. The summed E-state index contributed by atoms with van der Waals surface area (Å²) in [7, 11) is 4.66. The fourth-order valence-electron chi connectivity index (χ4n) is 2.82. The minimum absolute atomic E-state index is 0.0686. The summed E-state index contributed by atoms with van der Waals surface area (Å²) in [5, 5.41) is 8.08. The lowest BCUT2D eigenvalue weighted by molar-refractivity contribution is -0.102. The number of carbonyl (C=O) groups is 1. The number of benzene rings is 2. The Labute approximate surface area is 185 Å². The Hall–Kier alpha value is -2.99. The molecule has 0 radical (unpaired) electrons. The van der Waals surface area contributed by atoms with E-state index in [9.17, 15) is 4.79 Å². The molecule has 0 bridgehead atoms. The molecular weight excluding hydrogens is 392 g/mol. The second kappa shape index (κ2) is 12.6. The number of carbonyl (C=O) groups excluding carboxylic acids is 1. The Morgan fingerprint density at radius 3 is 2.26 bits per heavy atom. The van der Waals surface area contributed by atoms with Crippen LogP contribution in [0.25, 0.3) is 0 Å².